The second kappa shape index (κ2) is 7.85. The maximum atomic E-state index is 12.2. The molecule has 5 nitrogen and oxygen atoms in total. The van der Waals surface area contributed by atoms with Gasteiger partial charge in [0.25, 0.3) is 5.91 Å². The predicted octanol–water partition coefficient (Wildman–Crippen LogP) is 2.45. The zero-order chi connectivity index (χ0) is 15.0. The van der Waals surface area contributed by atoms with Gasteiger partial charge in [0.2, 0.25) is 0 Å². The topological polar surface area (TPSA) is 63.2 Å². The summed E-state index contributed by atoms with van der Waals surface area (Å²) in [7, 11) is 0. The summed E-state index contributed by atoms with van der Waals surface area (Å²) in [4.78, 5) is 16.3. The van der Waals surface area contributed by atoms with Gasteiger partial charge in [0.1, 0.15) is 0 Å². The number of anilines is 1. The molecule has 112 valence electrons. The highest BCUT2D eigenvalue weighted by atomic mass is 16.5. The van der Waals surface area contributed by atoms with Gasteiger partial charge in [-0.3, -0.25) is 9.78 Å². The molecule has 0 aliphatic carbocycles. The zero-order valence-corrected chi connectivity index (χ0v) is 12.8. The molecule has 1 aromatic heterocycles. The molecule has 0 fully saturated rings. The van der Waals surface area contributed by atoms with Gasteiger partial charge in [-0.1, -0.05) is 6.92 Å². The van der Waals surface area contributed by atoms with Crippen molar-refractivity contribution in [3.8, 4) is 0 Å². The second-order valence-corrected chi connectivity index (χ2v) is 5.22. The molecule has 1 heterocycles. The summed E-state index contributed by atoms with van der Waals surface area (Å²) in [6.07, 6.45) is 4.26. The van der Waals surface area contributed by atoms with Crippen LogP contribution in [0, 0.1) is 0 Å². The van der Waals surface area contributed by atoms with Crippen LogP contribution in [0.25, 0.3) is 0 Å². The number of carbonyl (C=O) groups excluding carboxylic acids is 1. The monoisotopic (exact) mass is 279 g/mol. The molecule has 0 aliphatic rings. The fourth-order valence-electron chi connectivity index (χ4n) is 1.82. The van der Waals surface area contributed by atoms with Crippen molar-refractivity contribution in [1.29, 1.82) is 0 Å². The molecular weight excluding hydrogens is 254 g/mol. The van der Waals surface area contributed by atoms with Gasteiger partial charge in [0.05, 0.1) is 16.9 Å². The van der Waals surface area contributed by atoms with E-state index < -0.39 is 0 Å². The van der Waals surface area contributed by atoms with E-state index in [9.17, 15) is 4.79 Å². The number of amides is 1. The van der Waals surface area contributed by atoms with E-state index in [4.69, 9.17) is 4.74 Å². The lowest BCUT2D eigenvalue weighted by atomic mass is 10.1. The molecule has 0 atom stereocenters. The van der Waals surface area contributed by atoms with Crippen molar-refractivity contribution in [2.75, 3.05) is 25.0 Å². The fraction of sp³-hybridized carbons (Fsp3) is 0.600. The Hall–Kier alpha value is -1.62. The number of hydrogen-bond acceptors (Lipinski definition) is 4. The third-order valence-corrected chi connectivity index (χ3v) is 2.84. The Morgan fingerprint density at radius 2 is 2.15 bits per heavy atom. The Labute approximate surface area is 121 Å². The van der Waals surface area contributed by atoms with E-state index in [0.29, 0.717) is 18.7 Å². The SMILES string of the molecule is CCCNc1ccncc1C(=O)NCC(C)(C)OCC. The minimum Gasteiger partial charge on any atom is -0.384 e. The maximum absolute atomic E-state index is 12.2. The van der Waals surface area contributed by atoms with E-state index in [0.717, 1.165) is 18.7 Å². The number of ether oxygens (including phenoxy) is 1. The molecule has 0 radical (unpaired) electrons. The van der Waals surface area contributed by atoms with E-state index in [2.05, 4.69) is 22.5 Å². The molecule has 1 amide bonds. The van der Waals surface area contributed by atoms with Crippen LogP contribution in [-0.2, 0) is 4.74 Å². The van der Waals surface area contributed by atoms with Crippen molar-refractivity contribution in [2.45, 2.75) is 39.7 Å². The van der Waals surface area contributed by atoms with Crippen LogP contribution in [0.2, 0.25) is 0 Å². The molecule has 0 saturated heterocycles. The molecule has 1 aromatic rings. The summed E-state index contributed by atoms with van der Waals surface area (Å²) >= 11 is 0. The van der Waals surface area contributed by atoms with Gasteiger partial charge in [0, 0.05) is 32.1 Å². The van der Waals surface area contributed by atoms with Gasteiger partial charge >= 0.3 is 0 Å². The van der Waals surface area contributed by atoms with Crippen LogP contribution in [-0.4, -0.2) is 36.2 Å². The van der Waals surface area contributed by atoms with Crippen LogP contribution in [0.4, 0.5) is 5.69 Å². The first-order chi connectivity index (χ1) is 9.50. The highest BCUT2D eigenvalue weighted by molar-refractivity contribution is 5.99. The van der Waals surface area contributed by atoms with Crippen molar-refractivity contribution in [1.82, 2.24) is 10.3 Å². The van der Waals surface area contributed by atoms with Gasteiger partial charge < -0.3 is 15.4 Å². The molecule has 0 unspecified atom stereocenters. The number of carbonyl (C=O) groups is 1. The Kier molecular flexibility index (Phi) is 6.45. The Bertz CT molecular complexity index is 433. The standard InChI is InChI=1S/C15H25N3O2/c1-5-8-17-13-7-9-16-10-12(13)14(19)18-11-15(3,4)20-6-2/h7,9-10H,5-6,8,11H2,1-4H3,(H,16,17)(H,18,19). The van der Waals surface area contributed by atoms with Crippen LogP contribution in [0.15, 0.2) is 18.5 Å². The van der Waals surface area contributed by atoms with Crippen molar-refractivity contribution in [3.63, 3.8) is 0 Å². The first-order valence-electron chi connectivity index (χ1n) is 7.10. The largest absolute Gasteiger partial charge is 0.384 e. The molecule has 5 heteroatoms. The quantitative estimate of drug-likeness (QED) is 0.767. The van der Waals surface area contributed by atoms with E-state index in [-0.39, 0.29) is 11.5 Å². The lowest BCUT2D eigenvalue weighted by Gasteiger charge is -2.25. The average molecular weight is 279 g/mol. The number of rotatable bonds is 8. The Morgan fingerprint density at radius 1 is 1.40 bits per heavy atom. The number of pyridine rings is 1. The molecule has 2 N–H and O–H groups in total. The van der Waals surface area contributed by atoms with Gasteiger partial charge in [0.15, 0.2) is 0 Å². The summed E-state index contributed by atoms with van der Waals surface area (Å²) in [5.41, 5.74) is 1.01. The van der Waals surface area contributed by atoms with E-state index in [1.54, 1.807) is 12.4 Å². The van der Waals surface area contributed by atoms with Gasteiger partial charge in [-0.25, -0.2) is 0 Å². The third-order valence-electron chi connectivity index (χ3n) is 2.84. The Balaban J connectivity index is 2.67. The summed E-state index contributed by atoms with van der Waals surface area (Å²) in [5.74, 6) is -0.135. The highest BCUT2D eigenvalue weighted by Crippen LogP contribution is 2.14. The molecule has 0 saturated carbocycles. The first-order valence-corrected chi connectivity index (χ1v) is 7.10. The summed E-state index contributed by atoms with van der Waals surface area (Å²) in [6.45, 7) is 9.85. The molecule has 20 heavy (non-hydrogen) atoms. The van der Waals surface area contributed by atoms with Gasteiger partial charge in [-0.2, -0.15) is 0 Å². The Morgan fingerprint density at radius 3 is 2.80 bits per heavy atom. The maximum Gasteiger partial charge on any atom is 0.255 e. The van der Waals surface area contributed by atoms with Gasteiger partial charge in [-0.05, 0) is 33.3 Å². The van der Waals surface area contributed by atoms with Crippen LogP contribution >= 0.6 is 0 Å². The summed E-state index contributed by atoms with van der Waals surface area (Å²) in [5, 5.41) is 6.13. The molecule has 0 aliphatic heterocycles. The molecule has 1 rings (SSSR count). The van der Waals surface area contributed by atoms with Crippen LogP contribution in [0.5, 0.6) is 0 Å². The average Bonchev–Trinajstić information content (AvgIpc) is 2.43. The lowest BCUT2D eigenvalue weighted by molar-refractivity contribution is -0.00815. The summed E-state index contributed by atoms with van der Waals surface area (Å²) < 4.78 is 5.56. The smallest absolute Gasteiger partial charge is 0.255 e. The van der Waals surface area contributed by atoms with Crippen molar-refractivity contribution >= 4 is 11.6 Å². The van der Waals surface area contributed by atoms with Crippen LogP contribution < -0.4 is 10.6 Å². The van der Waals surface area contributed by atoms with Crippen LogP contribution in [0.1, 0.15) is 44.5 Å². The van der Waals surface area contributed by atoms with E-state index in [1.165, 1.54) is 0 Å². The first kappa shape index (κ1) is 16.4. The number of nitrogens with zero attached hydrogens (tertiary/aromatic N) is 1. The van der Waals surface area contributed by atoms with Crippen molar-refractivity contribution in [2.24, 2.45) is 0 Å². The number of nitrogens with one attached hydrogen (secondary N) is 2. The number of aromatic nitrogens is 1. The highest BCUT2D eigenvalue weighted by Gasteiger charge is 2.20. The molecular formula is C15H25N3O2. The zero-order valence-electron chi connectivity index (χ0n) is 12.8. The molecule has 0 spiro atoms. The van der Waals surface area contributed by atoms with Crippen LogP contribution in [0.3, 0.4) is 0 Å². The molecule has 0 aromatic carbocycles. The summed E-state index contributed by atoms with van der Waals surface area (Å²) in [6, 6.07) is 1.82. The minimum atomic E-state index is -0.371. The molecule has 0 bridgehead atoms. The normalized spacial score (nSPS) is 11.2. The van der Waals surface area contributed by atoms with Crippen molar-refractivity contribution in [3.05, 3.63) is 24.0 Å². The van der Waals surface area contributed by atoms with E-state index >= 15 is 0 Å². The van der Waals surface area contributed by atoms with E-state index in [1.807, 2.05) is 26.8 Å². The lowest BCUT2D eigenvalue weighted by Crippen LogP contribution is -2.40. The third kappa shape index (κ3) is 5.17. The predicted molar refractivity (Wildman–Crippen MR) is 81.1 cm³/mol. The fourth-order valence-corrected chi connectivity index (χ4v) is 1.82. The minimum absolute atomic E-state index is 0.135. The second-order valence-electron chi connectivity index (χ2n) is 5.22. The number of hydrogen-bond donors (Lipinski definition) is 2. The van der Waals surface area contributed by atoms with Crippen molar-refractivity contribution < 1.29 is 9.53 Å². The van der Waals surface area contributed by atoms with Gasteiger partial charge in [-0.15, -0.1) is 0 Å².